The summed E-state index contributed by atoms with van der Waals surface area (Å²) >= 11 is 1.82. The zero-order chi connectivity index (χ0) is 18.6. The Bertz CT molecular complexity index is 699. The predicted octanol–water partition coefficient (Wildman–Crippen LogP) is 3.91. The van der Waals surface area contributed by atoms with Gasteiger partial charge in [-0.05, 0) is 43.2 Å². The second kappa shape index (κ2) is 13.5. The topological polar surface area (TPSA) is 65.9 Å². The van der Waals surface area contributed by atoms with Gasteiger partial charge in [-0.15, -0.1) is 35.7 Å². The molecule has 0 aromatic heterocycles. The molecule has 0 radical (unpaired) electrons. The zero-order valence-electron chi connectivity index (χ0n) is 15.8. The number of guanidine groups is 1. The van der Waals surface area contributed by atoms with Crippen LogP contribution in [0, 0.1) is 0 Å². The third-order valence-corrected chi connectivity index (χ3v) is 4.68. The van der Waals surface area contributed by atoms with Gasteiger partial charge in [0.1, 0.15) is 0 Å². The van der Waals surface area contributed by atoms with Crippen LogP contribution in [0.5, 0.6) is 11.5 Å². The van der Waals surface area contributed by atoms with Crippen LogP contribution in [0.3, 0.4) is 0 Å². The number of rotatable bonds is 9. The summed E-state index contributed by atoms with van der Waals surface area (Å²) in [6.07, 6.45) is 0.784. The largest absolute Gasteiger partial charge is 0.504 e. The molecule has 2 aromatic rings. The van der Waals surface area contributed by atoms with Crippen molar-refractivity contribution >= 4 is 41.7 Å². The average Bonchev–Trinajstić information content (AvgIpc) is 2.67. The number of hydrogen-bond acceptors (Lipinski definition) is 4. The molecule has 0 bridgehead atoms. The Morgan fingerprint density at radius 3 is 2.63 bits per heavy atom. The van der Waals surface area contributed by atoms with Gasteiger partial charge in [0.05, 0.1) is 7.11 Å². The minimum Gasteiger partial charge on any atom is -0.504 e. The van der Waals surface area contributed by atoms with Crippen LogP contribution in [0.1, 0.15) is 12.5 Å². The summed E-state index contributed by atoms with van der Waals surface area (Å²) in [5, 5.41) is 16.3. The van der Waals surface area contributed by atoms with Crippen molar-refractivity contribution in [2.75, 3.05) is 32.5 Å². The molecular formula is C20H28IN3O2S. The van der Waals surface area contributed by atoms with Gasteiger partial charge in [0.15, 0.2) is 17.5 Å². The molecule has 5 nitrogen and oxygen atoms in total. The molecule has 0 amide bonds. The van der Waals surface area contributed by atoms with E-state index in [1.807, 2.05) is 30.0 Å². The van der Waals surface area contributed by atoms with Crippen LogP contribution in [-0.4, -0.2) is 43.6 Å². The van der Waals surface area contributed by atoms with E-state index in [4.69, 9.17) is 4.74 Å². The minimum absolute atomic E-state index is 0. The highest BCUT2D eigenvalue weighted by Crippen LogP contribution is 2.26. The Labute approximate surface area is 183 Å². The lowest BCUT2D eigenvalue weighted by atomic mass is 10.1. The summed E-state index contributed by atoms with van der Waals surface area (Å²) in [6.45, 7) is 4.39. The quantitative estimate of drug-likeness (QED) is 0.160. The Kier molecular flexibility index (Phi) is 11.8. The molecule has 0 fully saturated rings. The van der Waals surface area contributed by atoms with Gasteiger partial charge in [-0.25, -0.2) is 0 Å². The van der Waals surface area contributed by atoms with E-state index in [2.05, 4.69) is 46.8 Å². The molecule has 0 saturated carbocycles. The molecule has 2 rings (SSSR count). The molecule has 0 unspecified atom stereocenters. The van der Waals surface area contributed by atoms with E-state index in [1.54, 1.807) is 13.2 Å². The van der Waals surface area contributed by atoms with Crippen molar-refractivity contribution in [2.45, 2.75) is 18.2 Å². The Morgan fingerprint density at radius 1 is 1.15 bits per heavy atom. The van der Waals surface area contributed by atoms with Crippen molar-refractivity contribution in [3.63, 3.8) is 0 Å². The second-order valence-corrected chi connectivity index (χ2v) is 6.77. The number of hydrogen-bond donors (Lipinski definition) is 3. The highest BCUT2D eigenvalue weighted by atomic mass is 127. The predicted molar refractivity (Wildman–Crippen MR) is 125 cm³/mol. The van der Waals surface area contributed by atoms with Gasteiger partial charge in [0.2, 0.25) is 0 Å². The third kappa shape index (κ3) is 8.75. The first-order valence-electron chi connectivity index (χ1n) is 8.79. The van der Waals surface area contributed by atoms with Gasteiger partial charge in [0, 0.05) is 30.3 Å². The van der Waals surface area contributed by atoms with Gasteiger partial charge < -0.3 is 20.5 Å². The van der Waals surface area contributed by atoms with Crippen LogP contribution in [0.2, 0.25) is 0 Å². The van der Waals surface area contributed by atoms with Crippen molar-refractivity contribution in [1.82, 2.24) is 10.6 Å². The Hall–Kier alpha value is -1.61. The van der Waals surface area contributed by atoms with Crippen LogP contribution in [0.4, 0.5) is 0 Å². The third-order valence-electron chi connectivity index (χ3n) is 3.67. The van der Waals surface area contributed by atoms with Crippen molar-refractivity contribution in [1.29, 1.82) is 0 Å². The molecule has 0 spiro atoms. The number of thioether (sulfide) groups is 1. The first-order valence-corrected chi connectivity index (χ1v) is 9.77. The SMILES string of the molecule is CCNC(=NCCc1ccc(O)c(OC)c1)NCCSc1ccccc1.I. The summed E-state index contributed by atoms with van der Waals surface area (Å²) in [6, 6.07) is 15.8. The fraction of sp³-hybridized carbons (Fsp3) is 0.350. The van der Waals surface area contributed by atoms with Crippen molar-refractivity contribution in [3.05, 3.63) is 54.1 Å². The lowest BCUT2D eigenvalue weighted by Gasteiger charge is -2.11. The summed E-state index contributed by atoms with van der Waals surface area (Å²) in [4.78, 5) is 5.89. The second-order valence-electron chi connectivity index (χ2n) is 5.61. The summed E-state index contributed by atoms with van der Waals surface area (Å²) < 4.78 is 5.14. The number of aromatic hydroxyl groups is 1. The van der Waals surface area contributed by atoms with Gasteiger partial charge in [-0.2, -0.15) is 0 Å². The molecule has 0 aliphatic carbocycles. The van der Waals surface area contributed by atoms with Crippen molar-refractivity contribution < 1.29 is 9.84 Å². The molecule has 148 valence electrons. The van der Waals surface area contributed by atoms with Crippen molar-refractivity contribution in [2.24, 2.45) is 4.99 Å². The monoisotopic (exact) mass is 501 g/mol. The van der Waals surface area contributed by atoms with Crippen LogP contribution >= 0.6 is 35.7 Å². The van der Waals surface area contributed by atoms with Crippen LogP contribution in [0.25, 0.3) is 0 Å². The highest BCUT2D eigenvalue weighted by molar-refractivity contribution is 14.0. The van der Waals surface area contributed by atoms with Gasteiger partial charge in [-0.1, -0.05) is 24.3 Å². The summed E-state index contributed by atoms with van der Waals surface area (Å²) in [5.41, 5.74) is 1.08. The lowest BCUT2D eigenvalue weighted by Crippen LogP contribution is -2.38. The smallest absolute Gasteiger partial charge is 0.191 e. The van der Waals surface area contributed by atoms with E-state index in [0.29, 0.717) is 12.3 Å². The number of nitrogens with zero attached hydrogens (tertiary/aromatic N) is 1. The minimum atomic E-state index is 0. The molecule has 3 N–H and O–H groups in total. The highest BCUT2D eigenvalue weighted by Gasteiger charge is 2.03. The van der Waals surface area contributed by atoms with Crippen LogP contribution < -0.4 is 15.4 Å². The number of halogens is 1. The first kappa shape index (κ1) is 23.4. The van der Waals surface area contributed by atoms with Crippen LogP contribution in [0.15, 0.2) is 58.4 Å². The zero-order valence-corrected chi connectivity index (χ0v) is 18.9. The van der Waals surface area contributed by atoms with E-state index in [-0.39, 0.29) is 29.7 Å². The molecule has 7 heteroatoms. The van der Waals surface area contributed by atoms with Gasteiger partial charge in [0.25, 0.3) is 0 Å². The fourth-order valence-corrected chi connectivity index (χ4v) is 3.16. The number of phenolic OH excluding ortho intramolecular Hbond substituents is 1. The molecule has 27 heavy (non-hydrogen) atoms. The first-order chi connectivity index (χ1) is 12.7. The van der Waals surface area contributed by atoms with E-state index in [0.717, 1.165) is 36.8 Å². The Morgan fingerprint density at radius 2 is 1.93 bits per heavy atom. The van der Waals surface area contributed by atoms with Gasteiger partial charge >= 0.3 is 0 Å². The fourth-order valence-electron chi connectivity index (χ4n) is 2.37. The maximum atomic E-state index is 9.65. The molecule has 2 aromatic carbocycles. The van der Waals surface area contributed by atoms with E-state index < -0.39 is 0 Å². The molecule has 0 heterocycles. The molecule has 0 saturated heterocycles. The van der Waals surface area contributed by atoms with E-state index in [9.17, 15) is 5.11 Å². The average molecular weight is 501 g/mol. The van der Waals surface area contributed by atoms with Gasteiger partial charge in [-0.3, -0.25) is 4.99 Å². The molecule has 0 aliphatic heterocycles. The molecule has 0 atom stereocenters. The van der Waals surface area contributed by atoms with Crippen molar-refractivity contribution in [3.8, 4) is 11.5 Å². The van der Waals surface area contributed by atoms with Crippen LogP contribution in [-0.2, 0) is 6.42 Å². The lowest BCUT2D eigenvalue weighted by molar-refractivity contribution is 0.373. The van der Waals surface area contributed by atoms with E-state index >= 15 is 0 Å². The number of aliphatic imine (C=N–C) groups is 1. The maximum Gasteiger partial charge on any atom is 0.191 e. The number of benzene rings is 2. The van der Waals surface area contributed by atoms with E-state index in [1.165, 1.54) is 4.90 Å². The number of ether oxygens (including phenoxy) is 1. The number of phenols is 1. The Balaban J connectivity index is 0.00000364. The molecular weight excluding hydrogens is 473 g/mol. The number of nitrogens with one attached hydrogen (secondary N) is 2. The normalized spacial score (nSPS) is 10.8. The maximum absolute atomic E-state index is 9.65. The summed E-state index contributed by atoms with van der Waals surface area (Å²) in [5.74, 6) is 2.45. The molecule has 0 aliphatic rings. The number of methoxy groups -OCH3 is 1. The standard InChI is InChI=1S/C20H27N3O2S.HI/c1-3-21-20(23-13-14-26-17-7-5-4-6-8-17)22-12-11-16-9-10-18(24)19(15-16)25-2;/h4-10,15,24H,3,11-14H2,1-2H3,(H2,21,22,23);1H. The summed E-state index contributed by atoms with van der Waals surface area (Å²) in [7, 11) is 1.55.